The summed E-state index contributed by atoms with van der Waals surface area (Å²) in [5.74, 6) is -0.199. The number of amides is 1. The van der Waals surface area contributed by atoms with Gasteiger partial charge in [-0.25, -0.2) is 0 Å². The fourth-order valence-electron chi connectivity index (χ4n) is 2.58. The number of benzene rings is 2. The molecule has 0 saturated carbocycles. The third-order valence-electron chi connectivity index (χ3n) is 4.07. The number of rotatable bonds is 7. The number of carbonyl (C=O) groups excluding carboxylic acids is 1. The monoisotopic (exact) mass is 441 g/mol. The number of hydrogen-bond donors (Lipinski definition) is 5. The summed E-state index contributed by atoms with van der Waals surface area (Å²) in [6, 6.07) is 10.6. The van der Waals surface area contributed by atoms with E-state index < -0.39 is 4.92 Å². The van der Waals surface area contributed by atoms with Crippen molar-refractivity contribution in [2.24, 2.45) is 0 Å². The first kappa shape index (κ1) is 25.6. The highest BCUT2D eigenvalue weighted by Gasteiger charge is 2.14. The zero-order valence-corrected chi connectivity index (χ0v) is 17.3. The van der Waals surface area contributed by atoms with Crippen LogP contribution in [0.3, 0.4) is 0 Å². The average molecular weight is 441 g/mol. The molecule has 2 aromatic carbocycles. The van der Waals surface area contributed by atoms with E-state index in [0.29, 0.717) is 24.5 Å². The van der Waals surface area contributed by atoms with Gasteiger partial charge in [-0.3, -0.25) is 14.9 Å². The van der Waals surface area contributed by atoms with Crippen molar-refractivity contribution in [3.63, 3.8) is 0 Å². The van der Waals surface area contributed by atoms with Crippen LogP contribution >= 0.6 is 0 Å². The van der Waals surface area contributed by atoms with Crippen molar-refractivity contribution < 1.29 is 19.9 Å². The van der Waals surface area contributed by atoms with Crippen molar-refractivity contribution >= 4 is 34.3 Å². The van der Waals surface area contributed by atoms with Crippen LogP contribution in [0.5, 0.6) is 0 Å². The molecule has 1 amide bonds. The molecule has 0 spiro atoms. The van der Waals surface area contributed by atoms with E-state index in [1.807, 2.05) is 4.90 Å². The van der Waals surface area contributed by atoms with E-state index in [0.717, 1.165) is 17.8 Å². The second-order valence-corrected chi connectivity index (χ2v) is 6.32. The summed E-state index contributed by atoms with van der Waals surface area (Å²) in [6.07, 6.45) is 0. The Labute approximate surface area is 184 Å². The molecule has 0 radical (unpaired) electrons. The molecule has 32 heavy (non-hydrogen) atoms. The second kappa shape index (κ2) is 12.3. The fourth-order valence-corrected chi connectivity index (χ4v) is 2.58. The van der Waals surface area contributed by atoms with Gasteiger partial charge >= 0.3 is 0 Å². The number of nitro benzene ring substituents is 1. The first-order valence-corrected chi connectivity index (χ1v) is 9.20. The van der Waals surface area contributed by atoms with Gasteiger partial charge in [0.25, 0.3) is 5.69 Å². The van der Waals surface area contributed by atoms with Crippen molar-refractivity contribution in [3.05, 3.63) is 51.6 Å². The minimum Gasteiger partial charge on any atom is -0.397 e. The molecule has 0 atom stereocenters. The van der Waals surface area contributed by atoms with Crippen LogP contribution in [0.15, 0.2) is 30.3 Å². The molecule has 0 aliphatic heterocycles. The smallest absolute Gasteiger partial charge is 0.272 e. The molecule has 168 valence electrons. The summed E-state index contributed by atoms with van der Waals surface area (Å²) in [6.45, 7) is 2.19. The zero-order valence-electron chi connectivity index (χ0n) is 17.3. The predicted octanol–water partition coefficient (Wildman–Crippen LogP) is 0.939. The highest BCUT2D eigenvalue weighted by atomic mass is 16.6. The predicted molar refractivity (Wildman–Crippen MR) is 118 cm³/mol. The molecule has 0 aliphatic carbocycles. The molecule has 2 rings (SSSR count). The van der Waals surface area contributed by atoms with E-state index in [4.69, 9.17) is 32.2 Å². The molecule has 0 fully saturated rings. The summed E-state index contributed by atoms with van der Waals surface area (Å²) < 4.78 is 0. The number of carbonyl (C=O) groups is 1. The number of nitrogens with zero attached hydrogens (tertiary/aromatic N) is 4. The Hall–Kier alpha value is -4.39. The maximum absolute atomic E-state index is 11.0. The van der Waals surface area contributed by atoms with Crippen molar-refractivity contribution in [3.8, 4) is 12.1 Å². The zero-order chi connectivity index (χ0) is 24.3. The van der Waals surface area contributed by atoms with Gasteiger partial charge in [-0.2, -0.15) is 10.5 Å². The molecule has 0 bridgehead atoms. The summed E-state index contributed by atoms with van der Waals surface area (Å²) in [7, 11) is 0. The van der Waals surface area contributed by atoms with Gasteiger partial charge < -0.3 is 31.9 Å². The Balaban J connectivity index is 0.000000330. The Morgan fingerprint density at radius 1 is 1.12 bits per heavy atom. The summed E-state index contributed by atoms with van der Waals surface area (Å²) in [5, 5.41) is 48.1. The maximum atomic E-state index is 11.0. The number of non-ortho nitro benzene ring substituents is 1. The molecule has 0 saturated heterocycles. The lowest BCUT2D eigenvalue weighted by molar-refractivity contribution is -0.384. The van der Waals surface area contributed by atoms with Gasteiger partial charge in [0.05, 0.1) is 46.3 Å². The molecule has 0 aromatic heterocycles. The number of anilines is 4. The maximum Gasteiger partial charge on any atom is 0.272 e. The number of nitrogen functional groups attached to an aromatic ring is 2. The largest absolute Gasteiger partial charge is 0.397 e. The Morgan fingerprint density at radius 3 is 2.06 bits per heavy atom. The Kier molecular flexibility index (Phi) is 9.89. The summed E-state index contributed by atoms with van der Waals surface area (Å²) in [4.78, 5) is 22.6. The SMILES string of the molecule is CC(=O)Nc1cc(N(CCO)CCO)ccc1N.N#Cc1cc([N+](=O)[O-])cc(C#N)c1N. The first-order chi connectivity index (χ1) is 15.2. The molecule has 7 N–H and O–H groups in total. The quantitative estimate of drug-likeness (QED) is 0.233. The molecule has 2 aromatic rings. The van der Waals surface area contributed by atoms with E-state index in [2.05, 4.69) is 5.32 Å². The van der Waals surface area contributed by atoms with Crippen molar-refractivity contribution in [1.82, 2.24) is 0 Å². The van der Waals surface area contributed by atoms with Crippen LogP contribution in [0.4, 0.5) is 28.4 Å². The van der Waals surface area contributed by atoms with Crippen LogP contribution in [-0.2, 0) is 4.79 Å². The molecule has 0 aliphatic rings. The van der Waals surface area contributed by atoms with Crippen LogP contribution < -0.4 is 21.7 Å². The number of aliphatic hydroxyl groups is 2. The minimum absolute atomic E-state index is 0.0140. The Morgan fingerprint density at radius 2 is 1.66 bits per heavy atom. The van der Waals surface area contributed by atoms with E-state index in [9.17, 15) is 14.9 Å². The fraction of sp³-hybridized carbons (Fsp3) is 0.250. The molecule has 0 heterocycles. The molecule has 12 nitrogen and oxygen atoms in total. The Bertz CT molecular complexity index is 1020. The van der Waals surface area contributed by atoms with Gasteiger partial charge in [0.2, 0.25) is 5.91 Å². The van der Waals surface area contributed by atoms with Crippen LogP contribution in [-0.4, -0.2) is 47.3 Å². The number of nitro groups is 1. The van der Waals surface area contributed by atoms with E-state index in [1.54, 1.807) is 30.3 Å². The molecule has 12 heteroatoms. The highest BCUT2D eigenvalue weighted by molar-refractivity contribution is 5.93. The van der Waals surface area contributed by atoms with Crippen molar-refractivity contribution in [2.45, 2.75) is 6.92 Å². The summed E-state index contributed by atoms with van der Waals surface area (Å²) >= 11 is 0. The lowest BCUT2D eigenvalue weighted by atomic mass is 10.1. The topological polar surface area (TPSA) is 216 Å². The highest BCUT2D eigenvalue weighted by Crippen LogP contribution is 2.25. The van der Waals surface area contributed by atoms with Gasteiger partial charge in [-0.15, -0.1) is 0 Å². The normalized spacial score (nSPS) is 9.53. The average Bonchev–Trinajstić information content (AvgIpc) is 2.75. The number of nitrogens with two attached hydrogens (primary N) is 2. The van der Waals surface area contributed by atoms with Crippen LogP contribution in [0.2, 0.25) is 0 Å². The number of nitrogens with one attached hydrogen (secondary N) is 1. The lowest BCUT2D eigenvalue weighted by Crippen LogP contribution is -2.29. The molecular weight excluding hydrogens is 418 g/mol. The first-order valence-electron chi connectivity index (χ1n) is 9.20. The molecular formula is C20H23N7O5. The number of hydrogen-bond acceptors (Lipinski definition) is 10. The third-order valence-corrected chi connectivity index (χ3v) is 4.07. The van der Waals surface area contributed by atoms with Crippen molar-refractivity contribution in [1.29, 1.82) is 10.5 Å². The second-order valence-electron chi connectivity index (χ2n) is 6.32. The van der Waals surface area contributed by atoms with Crippen LogP contribution in [0.1, 0.15) is 18.1 Å². The van der Waals surface area contributed by atoms with Gasteiger partial charge in [0.1, 0.15) is 12.1 Å². The van der Waals surface area contributed by atoms with E-state index in [1.165, 1.54) is 6.92 Å². The van der Waals surface area contributed by atoms with Gasteiger partial charge in [0, 0.05) is 37.8 Å². The van der Waals surface area contributed by atoms with Crippen LogP contribution in [0, 0.1) is 32.8 Å². The minimum atomic E-state index is -0.679. The van der Waals surface area contributed by atoms with Crippen molar-refractivity contribution in [2.75, 3.05) is 48.0 Å². The van der Waals surface area contributed by atoms with Crippen LogP contribution in [0.25, 0.3) is 0 Å². The lowest BCUT2D eigenvalue weighted by Gasteiger charge is -2.24. The van der Waals surface area contributed by atoms with E-state index in [-0.39, 0.29) is 41.6 Å². The number of aliphatic hydroxyl groups excluding tert-OH is 2. The number of nitriles is 2. The summed E-state index contributed by atoms with van der Waals surface area (Å²) in [5.41, 5.74) is 12.5. The van der Waals surface area contributed by atoms with Gasteiger partial charge in [0.15, 0.2) is 0 Å². The van der Waals surface area contributed by atoms with Gasteiger partial charge in [-0.1, -0.05) is 0 Å². The third kappa shape index (κ3) is 7.14. The molecule has 0 unspecified atom stereocenters. The van der Waals surface area contributed by atoms with E-state index >= 15 is 0 Å². The standard InChI is InChI=1S/C12H19N3O3.C8H4N4O2/c1-9(18)14-12-8-10(2-3-11(12)13)15(4-6-16)5-7-17;9-3-5-1-7(12(13)14)2-6(4-10)8(5)11/h2-3,8,16-17H,4-7,13H2,1H3,(H,14,18);1-2H,11H2. The van der Waals surface area contributed by atoms with Gasteiger partial charge in [-0.05, 0) is 18.2 Å².